The van der Waals surface area contributed by atoms with E-state index in [2.05, 4.69) is 15.5 Å². The van der Waals surface area contributed by atoms with E-state index in [4.69, 9.17) is 0 Å². The maximum atomic E-state index is 13.5. The number of benzene rings is 2. The molecule has 0 unspecified atom stereocenters. The van der Waals surface area contributed by atoms with Gasteiger partial charge in [-0.05, 0) is 76.6 Å². The van der Waals surface area contributed by atoms with Crippen molar-refractivity contribution in [3.05, 3.63) is 59.7 Å². The molecule has 0 bridgehead atoms. The lowest BCUT2D eigenvalue weighted by Crippen LogP contribution is -2.60. The summed E-state index contributed by atoms with van der Waals surface area (Å²) in [6.07, 6.45) is 4.67. The third-order valence-electron chi connectivity index (χ3n) is 8.23. The van der Waals surface area contributed by atoms with Crippen LogP contribution in [0.4, 0.5) is 0 Å². The van der Waals surface area contributed by atoms with Crippen molar-refractivity contribution in [2.24, 2.45) is 11.8 Å². The summed E-state index contributed by atoms with van der Waals surface area (Å²) < 4.78 is 0. The molecule has 7 nitrogen and oxygen atoms in total. The fourth-order valence-corrected chi connectivity index (χ4v) is 7.09. The molecule has 8 heteroatoms. The van der Waals surface area contributed by atoms with Gasteiger partial charge in [0, 0.05) is 40.4 Å². The lowest BCUT2D eigenvalue weighted by molar-refractivity contribution is -0.132. The largest absolute Gasteiger partial charge is 0.508 e. The number of aromatic hydroxyl groups is 1. The van der Waals surface area contributed by atoms with E-state index in [1.54, 1.807) is 36.9 Å². The molecule has 1 aliphatic carbocycles. The SMILES string of the molecule is Cc1c(O)cccc1C(=O)N[C@@H](CSc1ccccc1)[C@H](O)CN1C[C@@H]2CCCC[C@@H]2C[C@@H]1C(=O)NC(C)(C)C. The highest BCUT2D eigenvalue weighted by Gasteiger charge is 2.41. The first-order valence-corrected chi connectivity index (χ1v) is 15.5. The van der Waals surface area contributed by atoms with Crippen LogP contribution in [0.1, 0.15) is 68.8 Å². The van der Waals surface area contributed by atoms with Crippen LogP contribution in [0.3, 0.4) is 0 Å². The molecule has 2 aromatic carbocycles. The van der Waals surface area contributed by atoms with Gasteiger partial charge < -0.3 is 20.8 Å². The monoisotopic (exact) mass is 567 g/mol. The predicted octanol–water partition coefficient (Wildman–Crippen LogP) is 4.75. The van der Waals surface area contributed by atoms with Crippen molar-refractivity contribution in [3.8, 4) is 5.75 Å². The second-order valence-electron chi connectivity index (χ2n) is 12.5. The molecule has 2 aromatic rings. The van der Waals surface area contributed by atoms with Crippen LogP contribution in [0.2, 0.25) is 0 Å². The molecular formula is C32H45N3O4S. The minimum atomic E-state index is -0.886. The third-order valence-corrected chi connectivity index (χ3v) is 9.36. The molecule has 0 radical (unpaired) electrons. The van der Waals surface area contributed by atoms with Crippen molar-refractivity contribution in [1.29, 1.82) is 0 Å². The summed E-state index contributed by atoms with van der Waals surface area (Å²) in [5, 5.41) is 28.0. The molecule has 4 rings (SSSR count). The van der Waals surface area contributed by atoms with E-state index in [9.17, 15) is 19.8 Å². The quantitative estimate of drug-likeness (QED) is 0.327. The Bertz CT molecular complexity index is 1150. The number of hydrogen-bond acceptors (Lipinski definition) is 6. The Balaban J connectivity index is 1.54. The molecular weight excluding hydrogens is 522 g/mol. The molecule has 2 fully saturated rings. The zero-order chi connectivity index (χ0) is 28.9. The van der Waals surface area contributed by atoms with Gasteiger partial charge in [-0.1, -0.05) is 43.5 Å². The molecule has 218 valence electrons. The van der Waals surface area contributed by atoms with Gasteiger partial charge in [-0.2, -0.15) is 0 Å². The van der Waals surface area contributed by atoms with Crippen molar-refractivity contribution >= 4 is 23.6 Å². The minimum Gasteiger partial charge on any atom is -0.508 e. The number of phenolic OH excluding ortho intramolecular Hbond substituents is 1. The number of amides is 2. The zero-order valence-electron chi connectivity index (χ0n) is 24.2. The first kappa shape index (κ1) is 30.4. The van der Waals surface area contributed by atoms with Crippen LogP contribution in [0.15, 0.2) is 53.4 Å². The van der Waals surface area contributed by atoms with Gasteiger partial charge in [0.2, 0.25) is 5.91 Å². The Morgan fingerprint density at radius 2 is 1.75 bits per heavy atom. The molecule has 4 N–H and O–H groups in total. The Kier molecular flexibility index (Phi) is 10.2. The Hall–Kier alpha value is -2.55. The highest BCUT2D eigenvalue weighted by Crippen LogP contribution is 2.39. The molecule has 1 saturated heterocycles. The van der Waals surface area contributed by atoms with Gasteiger partial charge in [0.1, 0.15) is 5.75 Å². The highest BCUT2D eigenvalue weighted by atomic mass is 32.2. The van der Waals surface area contributed by atoms with Crippen molar-refractivity contribution in [3.63, 3.8) is 0 Å². The topological polar surface area (TPSA) is 102 Å². The van der Waals surface area contributed by atoms with Crippen LogP contribution in [-0.2, 0) is 4.79 Å². The number of carbonyl (C=O) groups excluding carboxylic acids is 2. The summed E-state index contributed by atoms with van der Waals surface area (Å²) >= 11 is 1.57. The second kappa shape index (κ2) is 13.4. The number of rotatable bonds is 9. The van der Waals surface area contributed by atoms with Crippen LogP contribution in [0.5, 0.6) is 5.75 Å². The predicted molar refractivity (Wildman–Crippen MR) is 161 cm³/mol. The van der Waals surface area contributed by atoms with E-state index in [1.807, 2.05) is 51.1 Å². The van der Waals surface area contributed by atoms with Crippen molar-refractivity contribution < 1.29 is 19.8 Å². The number of nitrogens with one attached hydrogen (secondary N) is 2. The maximum absolute atomic E-state index is 13.5. The summed E-state index contributed by atoms with van der Waals surface area (Å²) in [4.78, 5) is 30.0. The molecule has 2 aliphatic rings. The van der Waals surface area contributed by atoms with Crippen molar-refractivity contribution in [1.82, 2.24) is 15.5 Å². The lowest BCUT2D eigenvalue weighted by Gasteiger charge is -2.47. The van der Waals surface area contributed by atoms with Gasteiger partial charge in [0.05, 0.1) is 18.2 Å². The van der Waals surface area contributed by atoms with E-state index >= 15 is 0 Å². The Morgan fingerprint density at radius 1 is 1.05 bits per heavy atom. The molecule has 0 spiro atoms. The standard InChI is InChI=1S/C32H45N3O4S/c1-21-25(15-10-16-28(21)36)30(38)33-26(20-40-24-13-6-5-7-14-24)29(37)19-35-18-23-12-9-8-11-22(23)17-27(35)31(39)34-32(2,3)4/h5-7,10,13-16,22-23,26-27,29,36-37H,8-9,11-12,17-20H2,1-4H3,(H,33,38)(H,34,39)/t22-,23+,26+,27-,29-/m1/s1. The number of nitrogens with zero attached hydrogens (tertiary/aromatic N) is 1. The van der Waals surface area contributed by atoms with Gasteiger partial charge in [-0.15, -0.1) is 11.8 Å². The number of piperidine rings is 1. The summed E-state index contributed by atoms with van der Waals surface area (Å²) in [7, 11) is 0. The van der Waals surface area contributed by atoms with Gasteiger partial charge in [-0.25, -0.2) is 0 Å². The van der Waals surface area contributed by atoms with Crippen LogP contribution < -0.4 is 10.6 Å². The number of phenols is 1. The van der Waals surface area contributed by atoms with Crippen LogP contribution in [0, 0.1) is 18.8 Å². The first-order valence-electron chi connectivity index (χ1n) is 14.5. The number of carbonyl (C=O) groups is 2. The van der Waals surface area contributed by atoms with Gasteiger partial charge >= 0.3 is 0 Å². The highest BCUT2D eigenvalue weighted by molar-refractivity contribution is 7.99. The number of aliphatic hydroxyl groups excluding tert-OH is 1. The molecule has 1 aliphatic heterocycles. The molecule has 40 heavy (non-hydrogen) atoms. The fraction of sp³-hybridized carbons (Fsp3) is 0.562. The number of fused-ring (bicyclic) bond motifs is 1. The zero-order valence-corrected chi connectivity index (χ0v) is 25.0. The number of thioether (sulfide) groups is 1. The summed E-state index contributed by atoms with van der Waals surface area (Å²) in [5.74, 6) is 1.27. The average molecular weight is 568 g/mol. The van der Waals surface area contributed by atoms with Gasteiger partial charge in [0.15, 0.2) is 0 Å². The molecule has 1 heterocycles. The van der Waals surface area contributed by atoms with Crippen LogP contribution in [0.25, 0.3) is 0 Å². The first-order chi connectivity index (χ1) is 19.0. The Morgan fingerprint density at radius 3 is 2.45 bits per heavy atom. The summed E-state index contributed by atoms with van der Waals surface area (Å²) in [5.41, 5.74) is 0.543. The van der Waals surface area contributed by atoms with Crippen LogP contribution >= 0.6 is 11.8 Å². The molecule has 1 saturated carbocycles. The van der Waals surface area contributed by atoms with Crippen LogP contribution in [-0.4, -0.2) is 69.5 Å². The summed E-state index contributed by atoms with van der Waals surface area (Å²) in [6.45, 7) is 8.76. The Labute approximate surface area is 243 Å². The van der Waals surface area contributed by atoms with Crippen molar-refractivity contribution in [2.75, 3.05) is 18.8 Å². The van der Waals surface area contributed by atoms with E-state index in [0.717, 1.165) is 30.7 Å². The minimum absolute atomic E-state index is 0.0124. The molecule has 2 amide bonds. The number of likely N-dealkylation sites (tertiary alicyclic amines) is 1. The van der Waals surface area contributed by atoms with E-state index in [1.165, 1.54) is 12.8 Å². The molecule has 5 atom stereocenters. The maximum Gasteiger partial charge on any atom is 0.252 e. The number of aliphatic hydroxyl groups is 1. The average Bonchev–Trinajstić information content (AvgIpc) is 2.91. The van der Waals surface area contributed by atoms with Gasteiger partial charge in [-0.3, -0.25) is 14.5 Å². The fourth-order valence-electron chi connectivity index (χ4n) is 6.06. The van der Waals surface area contributed by atoms with E-state index in [-0.39, 0.29) is 29.1 Å². The number of β-amino-alcohol motifs (C(OH)–C–C–N with tert-alkyl or cyclic N) is 1. The summed E-state index contributed by atoms with van der Waals surface area (Å²) in [6, 6.07) is 13.9. The van der Waals surface area contributed by atoms with E-state index < -0.39 is 12.1 Å². The normalized spacial score (nSPS) is 23.1. The second-order valence-corrected chi connectivity index (χ2v) is 13.6. The number of hydrogen-bond donors (Lipinski definition) is 4. The lowest BCUT2D eigenvalue weighted by atomic mass is 9.72. The smallest absolute Gasteiger partial charge is 0.252 e. The van der Waals surface area contributed by atoms with Gasteiger partial charge in [0.25, 0.3) is 5.91 Å². The third kappa shape index (κ3) is 8.02. The van der Waals surface area contributed by atoms with E-state index in [0.29, 0.717) is 35.3 Å². The van der Waals surface area contributed by atoms with Crippen molar-refractivity contribution in [2.45, 2.75) is 88.4 Å². The molecule has 0 aromatic heterocycles.